The highest BCUT2D eigenvalue weighted by Gasteiger charge is 2.24. The summed E-state index contributed by atoms with van der Waals surface area (Å²) in [6.07, 6.45) is 0. The van der Waals surface area contributed by atoms with Crippen molar-refractivity contribution in [3.8, 4) is 5.75 Å². The van der Waals surface area contributed by atoms with Crippen molar-refractivity contribution in [1.29, 1.82) is 0 Å². The Morgan fingerprint density at radius 2 is 2.00 bits per heavy atom. The summed E-state index contributed by atoms with van der Waals surface area (Å²) in [7, 11) is -0.411. The number of nitrogens with two attached hydrogens (primary N) is 1. The molecule has 0 bridgehead atoms. The van der Waals surface area contributed by atoms with E-state index in [4.69, 9.17) is 10.5 Å². The molecule has 7 heteroatoms. The number of benzene rings is 1. The Bertz CT molecular complexity index is 520. The Kier molecular flexibility index (Phi) is 6.79. The fourth-order valence-electron chi connectivity index (χ4n) is 1.56. The molecule has 0 spiro atoms. The van der Waals surface area contributed by atoms with E-state index < -0.39 is 10.0 Å². The lowest BCUT2D eigenvalue weighted by Gasteiger charge is -2.23. The average molecular weight is 309 g/mol. The Labute approximate surface area is 121 Å². The third-order valence-corrected chi connectivity index (χ3v) is 4.97. The first kappa shape index (κ1) is 18.2. The number of aryl methyl sites for hydroxylation is 1. The molecule has 0 aromatic heterocycles. The Morgan fingerprint density at radius 3 is 2.42 bits per heavy atom. The molecule has 0 aliphatic rings. The fourth-order valence-corrected chi connectivity index (χ4v) is 3.02. The number of methoxy groups -OCH3 is 1. The number of ether oxygens (including phenoxy) is 1. The summed E-state index contributed by atoms with van der Waals surface area (Å²) < 4.78 is 31.0. The Hall–Kier alpha value is -0.820. The molecule has 5 nitrogen and oxygen atoms in total. The number of rotatable bonds is 5. The standard InChI is InChI=1S/C12H20N2O3S.ClH/c1-9-7-11(5-6-12(9)17-4)18(15,16)14(3)10(2)8-13;/h5-7,10H,8,13H2,1-4H3;1H. The van der Waals surface area contributed by atoms with Crippen LogP contribution in [0, 0.1) is 6.92 Å². The lowest BCUT2D eigenvalue weighted by atomic mass is 10.2. The van der Waals surface area contributed by atoms with Crippen LogP contribution in [0.1, 0.15) is 12.5 Å². The monoisotopic (exact) mass is 308 g/mol. The fraction of sp³-hybridized carbons (Fsp3) is 0.500. The third kappa shape index (κ3) is 3.82. The van der Waals surface area contributed by atoms with Crippen molar-refractivity contribution < 1.29 is 13.2 Å². The van der Waals surface area contributed by atoms with Gasteiger partial charge in [-0.25, -0.2) is 8.42 Å². The van der Waals surface area contributed by atoms with Crippen molar-refractivity contribution in [1.82, 2.24) is 4.31 Å². The van der Waals surface area contributed by atoms with Crippen LogP contribution < -0.4 is 10.5 Å². The maximum atomic E-state index is 12.3. The summed E-state index contributed by atoms with van der Waals surface area (Å²) in [5.74, 6) is 0.670. The molecular formula is C12H21ClN2O3S. The lowest BCUT2D eigenvalue weighted by molar-refractivity contribution is 0.394. The molecule has 1 aromatic rings. The van der Waals surface area contributed by atoms with Crippen LogP contribution in [0.4, 0.5) is 0 Å². The zero-order valence-corrected chi connectivity index (χ0v) is 13.2. The van der Waals surface area contributed by atoms with E-state index in [9.17, 15) is 8.42 Å². The molecule has 110 valence electrons. The number of sulfonamides is 1. The van der Waals surface area contributed by atoms with Gasteiger partial charge in [0, 0.05) is 19.6 Å². The summed E-state index contributed by atoms with van der Waals surface area (Å²) in [5, 5.41) is 0. The molecule has 19 heavy (non-hydrogen) atoms. The highest BCUT2D eigenvalue weighted by molar-refractivity contribution is 7.89. The van der Waals surface area contributed by atoms with Crippen molar-refractivity contribution in [2.45, 2.75) is 24.8 Å². The minimum Gasteiger partial charge on any atom is -0.496 e. The summed E-state index contributed by atoms with van der Waals surface area (Å²) in [5.41, 5.74) is 6.28. The lowest BCUT2D eigenvalue weighted by Crippen LogP contribution is -2.39. The van der Waals surface area contributed by atoms with Crippen molar-refractivity contribution >= 4 is 22.4 Å². The van der Waals surface area contributed by atoms with Crippen molar-refractivity contribution in [2.24, 2.45) is 5.73 Å². The molecule has 0 saturated carbocycles. The van der Waals surface area contributed by atoms with Crippen LogP contribution in [0.5, 0.6) is 5.75 Å². The van der Waals surface area contributed by atoms with Gasteiger partial charge in [-0.1, -0.05) is 0 Å². The third-order valence-electron chi connectivity index (χ3n) is 3.01. The minimum atomic E-state index is -3.50. The van der Waals surface area contributed by atoms with Crippen molar-refractivity contribution in [3.63, 3.8) is 0 Å². The van der Waals surface area contributed by atoms with E-state index in [1.165, 1.54) is 11.4 Å². The van der Waals surface area contributed by atoms with Crippen LogP contribution in [-0.2, 0) is 10.0 Å². The van der Waals surface area contributed by atoms with E-state index in [0.717, 1.165) is 5.56 Å². The molecule has 0 aliphatic carbocycles. The van der Waals surface area contributed by atoms with E-state index in [-0.39, 0.29) is 29.9 Å². The average Bonchev–Trinajstić information content (AvgIpc) is 2.36. The summed E-state index contributed by atoms with van der Waals surface area (Å²) in [6.45, 7) is 3.86. The van der Waals surface area contributed by atoms with E-state index in [2.05, 4.69) is 0 Å². The minimum absolute atomic E-state index is 0. The molecule has 0 fully saturated rings. The van der Waals surface area contributed by atoms with Gasteiger partial charge in [0.15, 0.2) is 0 Å². The maximum Gasteiger partial charge on any atom is 0.243 e. The number of halogens is 1. The highest BCUT2D eigenvalue weighted by Crippen LogP contribution is 2.23. The van der Waals surface area contributed by atoms with Gasteiger partial charge in [-0.2, -0.15) is 4.31 Å². The Morgan fingerprint density at radius 1 is 1.42 bits per heavy atom. The molecule has 0 saturated heterocycles. The number of hydrogen-bond donors (Lipinski definition) is 1. The van der Waals surface area contributed by atoms with Crippen molar-refractivity contribution in [2.75, 3.05) is 20.7 Å². The van der Waals surface area contributed by atoms with Crippen LogP contribution >= 0.6 is 12.4 Å². The predicted octanol–water partition coefficient (Wildman–Crippen LogP) is 1.39. The van der Waals surface area contributed by atoms with E-state index in [1.54, 1.807) is 32.2 Å². The van der Waals surface area contributed by atoms with Gasteiger partial charge >= 0.3 is 0 Å². The normalized spacial score (nSPS) is 12.9. The van der Waals surface area contributed by atoms with Gasteiger partial charge in [0.1, 0.15) is 5.75 Å². The quantitative estimate of drug-likeness (QED) is 0.892. The van der Waals surface area contributed by atoms with Gasteiger partial charge in [-0.3, -0.25) is 0 Å². The van der Waals surface area contributed by atoms with E-state index in [1.807, 2.05) is 6.92 Å². The second-order valence-electron chi connectivity index (χ2n) is 4.24. The second kappa shape index (κ2) is 7.09. The second-order valence-corrected chi connectivity index (χ2v) is 6.23. The number of hydrogen-bond acceptors (Lipinski definition) is 4. The Balaban J connectivity index is 0.00000324. The van der Waals surface area contributed by atoms with Crippen molar-refractivity contribution in [3.05, 3.63) is 23.8 Å². The first-order chi connectivity index (χ1) is 8.34. The van der Waals surface area contributed by atoms with Crippen LogP contribution in [0.2, 0.25) is 0 Å². The molecule has 1 rings (SSSR count). The molecule has 0 aliphatic heterocycles. The van der Waals surface area contributed by atoms with Crippen LogP contribution in [0.3, 0.4) is 0 Å². The van der Waals surface area contributed by atoms with Gasteiger partial charge in [-0.15, -0.1) is 12.4 Å². The van der Waals surface area contributed by atoms with Crippen LogP contribution in [-0.4, -0.2) is 39.5 Å². The molecule has 2 N–H and O–H groups in total. The number of likely N-dealkylation sites (N-methyl/N-ethyl adjacent to an activating group) is 1. The molecule has 0 amide bonds. The van der Waals surface area contributed by atoms with Crippen LogP contribution in [0.25, 0.3) is 0 Å². The largest absolute Gasteiger partial charge is 0.496 e. The van der Waals surface area contributed by atoms with Gasteiger partial charge < -0.3 is 10.5 Å². The van der Waals surface area contributed by atoms with Gasteiger partial charge in [0.2, 0.25) is 10.0 Å². The zero-order chi connectivity index (χ0) is 13.9. The molecule has 0 heterocycles. The SMILES string of the molecule is COc1ccc(S(=O)(=O)N(C)C(C)CN)cc1C.Cl. The smallest absolute Gasteiger partial charge is 0.243 e. The van der Waals surface area contributed by atoms with E-state index in [0.29, 0.717) is 5.75 Å². The van der Waals surface area contributed by atoms with E-state index >= 15 is 0 Å². The molecular weight excluding hydrogens is 288 g/mol. The van der Waals surface area contributed by atoms with Gasteiger partial charge in [0.25, 0.3) is 0 Å². The van der Waals surface area contributed by atoms with Gasteiger partial charge in [0.05, 0.1) is 12.0 Å². The summed E-state index contributed by atoms with van der Waals surface area (Å²) in [4.78, 5) is 0.253. The number of nitrogens with zero attached hydrogens (tertiary/aromatic N) is 1. The predicted molar refractivity (Wildman–Crippen MR) is 78.4 cm³/mol. The molecule has 1 unspecified atom stereocenters. The molecule has 1 aromatic carbocycles. The summed E-state index contributed by atoms with van der Waals surface area (Å²) >= 11 is 0. The van der Waals surface area contributed by atoms with Gasteiger partial charge in [-0.05, 0) is 37.6 Å². The first-order valence-electron chi connectivity index (χ1n) is 5.67. The molecule has 0 radical (unpaired) electrons. The highest BCUT2D eigenvalue weighted by atomic mass is 35.5. The maximum absolute atomic E-state index is 12.3. The first-order valence-corrected chi connectivity index (χ1v) is 7.11. The topological polar surface area (TPSA) is 72.6 Å². The zero-order valence-electron chi connectivity index (χ0n) is 11.6. The summed E-state index contributed by atoms with van der Waals surface area (Å²) in [6, 6.07) is 4.57. The van der Waals surface area contributed by atoms with Crippen LogP contribution in [0.15, 0.2) is 23.1 Å². The molecule has 1 atom stereocenters.